The van der Waals surface area contributed by atoms with E-state index < -0.39 is 5.91 Å². The van der Waals surface area contributed by atoms with Gasteiger partial charge in [0.15, 0.2) is 5.69 Å². The van der Waals surface area contributed by atoms with Gasteiger partial charge in [0.25, 0.3) is 5.91 Å². The van der Waals surface area contributed by atoms with E-state index in [2.05, 4.69) is 10.1 Å². The van der Waals surface area contributed by atoms with Gasteiger partial charge in [-0.3, -0.25) is 14.8 Å². The molecule has 1 aromatic carbocycles. The number of hydrogen-bond acceptors (Lipinski definition) is 7. The molecule has 0 radical (unpaired) electrons. The first-order chi connectivity index (χ1) is 12.7. The van der Waals surface area contributed by atoms with Gasteiger partial charge in [0, 0.05) is 29.9 Å². The second kappa shape index (κ2) is 8.50. The normalized spacial score (nSPS) is 10.7. The number of thiazole rings is 1. The molecule has 0 saturated heterocycles. The Bertz CT molecular complexity index is 889. The van der Waals surface area contributed by atoms with Crippen LogP contribution in [-0.4, -0.2) is 27.0 Å². The summed E-state index contributed by atoms with van der Waals surface area (Å²) in [5.41, 5.74) is 3.41. The average molecular weight is 371 g/mol. The van der Waals surface area contributed by atoms with Crippen molar-refractivity contribution < 1.29 is 19.3 Å². The highest BCUT2D eigenvalue weighted by Crippen LogP contribution is 2.22. The van der Waals surface area contributed by atoms with Gasteiger partial charge in [-0.2, -0.15) is 0 Å². The van der Waals surface area contributed by atoms with Gasteiger partial charge in [-0.25, -0.2) is 10.5 Å². The van der Waals surface area contributed by atoms with E-state index in [1.165, 1.54) is 22.9 Å². The molecule has 0 saturated carbocycles. The minimum absolute atomic E-state index is 0.00468. The number of rotatable bonds is 8. The Morgan fingerprint density at radius 3 is 2.81 bits per heavy atom. The van der Waals surface area contributed by atoms with E-state index >= 15 is 0 Å². The third kappa shape index (κ3) is 4.62. The zero-order valence-corrected chi connectivity index (χ0v) is 14.7. The number of nitrogens with one attached hydrogen (secondary N) is 1. The Balaban J connectivity index is 1.47. The summed E-state index contributed by atoms with van der Waals surface area (Å²) >= 11 is 1.48. The number of aromatic nitrogens is 2. The van der Waals surface area contributed by atoms with Gasteiger partial charge in [0.05, 0.1) is 12.1 Å². The monoisotopic (exact) mass is 371 g/mol. The molecule has 0 aliphatic heterocycles. The Morgan fingerprint density at radius 1 is 1.23 bits per heavy atom. The highest BCUT2D eigenvalue weighted by atomic mass is 32.1. The lowest BCUT2D eigenvalue weighted by Crippen LogP contribution is -2.18. The molecule has 2 aromatic heterocycles. The molecule has 8 heteroatoms. The van der Waals surface area contributed by atoms with Crippen LogP contribution >= 0.6 is 11.3 Å². The Kier molecular flexibility index (Phi) is 5.88. The van der Waals surface area contributed by atoms with E-state index in [1.807, 2.05) is 35.7 Å². The Hall–Kier alpha value is -2.84. The molecule has 2 heterocycles. The molecule has 0 fully saturated rings. The van der Waals surface area contributed by atoms with Gasteiger partial charge in [-0.15, -0.1) is 11.3 Å². The maximum Gasteiger partial charge on any atom is 0.296 e. The minimum atomic E-state index is -0.728. The number of carbonyl (C=O) groups excluding carboxylic acids is 2. The predicted octanol–water partition coefficient (Wildman–Crippen LogP) is 3.05. The molecule has 0 aliphatic carbocycles. The van der Waals surface area contributed by atoms with Crippen LogP contribution in [0.1, 0.15) is 34.1 Å². The average Bonchev–Trinajstić information content (AvgIpc) is 3.31. The zero-order chi connectivity index (χ0) is 18.4. The maximum absolute atomic E-state index is 12.1. The molecule has 2 N–H and O–H groups in total. The van der Waals surface area contributed by atoms with Crippen LogP contribution in [0.5, 0.6) is 0 Å². The first kappa shape index (κ1) is 18.0. The van der Waals surface area contributed by atoms with E-state index in [9.17, 15) is 9.59 Å². The van der Waals surface area contributed by atoms with Crippen LogP contribution in [0.4, 0.5) is 0 Å². The number of carbonyl (C=O) groups is 2. The van der Waals surface area contributed by atoms with Gasteiger partial charge in [-0.05, 0) is 6.42 Å². The van der Waals surface area contributed by atoms with E-state index in [0.717, 1.165) is 16.3 Å². The Morgan fingerprint density at radius 2 is 2.04 bits per heavy atom. The molecule has 0 aliphatic rings. The molecule has 1 amide bonds. The zero-order valence-electron chi connectivity index (χ0n) is 13.8. The molecule has 134 valence electrons. The molecule has 0 spiro atoms. The number of nitrogens with zero attached hydrogens (tertiary/aromatic N) is 2. The number of amides is 1. The van der Waals surface area contributed by atoms with Crippen LogP contribution in [0, 0.1) is 0 Å². The quantitative estimate of drug-likeness (QED) is 0.466. The van der Waals surface area contributed by atoms with E-state index in [4.69, 9.17) is 9.73 Å². The topological polar surface area (TPSA) is 105 Å². The third-order valence-electron chi connectivity index (χ3n) is 3.74. The van der Waals surface area contributed by atoms with Crippen molar-refractivity contribution >= 4 is 23.0 Å². The van der Waals surface area contributed by atoms with Crippen molar-refractivity contribution in [3.8, 4) is 11.3 Å². The minimum Gasteiger partial charge on any atom is -0.361 e. The lowest BCUT2D eigenvalue weighted by molar-refractivity contribution is -0.118. The van der Waals surface area contributed by atoms with Crippen molar-refractivity contribution in [1.29, 1.82) is 0 Å². The molecule has 26 heavy (non-hydrogen) atoms. The molecular weight excluding hydrogens is 354 g/mol. The fraction of sp³-hybridized carbons (Fsp3) is 0.222. The summed E-state index contributed by atoms with van der Waals surface area (Å²) in [6.07, 6.45) is 1.78. The first-order valence-corrected chi connectivity index (χ1v) is 8.95. The van der Waals surface area contributed by atoms with Gasteiger partial charge in [-0.1, -0.05) is 35.5 Å². The fourth-order valence-corrected chi connectivity index (χ4v) is 3.28. The summed E-state index contributed by atoms with van der Waals surface area (Å²) in [6, 6.07) is 11.3. The summed E-state index contributed by atoms with van der Waals surface area (Å²) in [6.45, 7) is 0. The lowest BCUT2D eigenvalue weighted by Gasteiger charge is -1.98. The van der Waals surface area contributed by atoms with Gasteiger partial charge < -0.3 is 4.52 Å². The molecule has 7 nitrogen and oxygen atoms in total. The SMILES string of the molecule is O=C(CCCc1cc(C(=O)NO)no1)Cc1nc(-c2ccccc2)cs1. The summed E-state index contributed by atoms with van der Waals surface area (Å²) in [5.74, 6) is -0.127. The number of ketones is 1. The summed E-state index contributed by atoms with van der Waals surface area (Å²) < 4.78 is 5.00. The highest BCUT2D eigenvalue weighted by Gasteiger charge is 2.13. The molecule has 3 aromatic rings. The number of hydrogen-bond donors (Lipinski definition) is 2. The van der Waals surface area contributed by atoms with Crippen molar-refractivity contribution in [2.45, 2.75) is 25.7 Å². The largest absolute Gasteiger partial charge is 0.361 e. The van der Waals surface area contributed by atoms with Crippen molar-refractivity contribution in [2.24, 2.45) is 0 Å². The number of hydroxylamine groups is 1. The highest BCUT2D eigenvalue weighted by molar-refractivity contribution is 7.10. The van der Waals surface area contributed by atoms with Crippen LogP contribution in [0.2, 0.25) is 0 Å². The predicted molar refractivity (Wildman–Crippen MR) is 95.0 cm³/mol. The van der Waals surface area contributed by atoms with Crippen LogP contribution < -0.4 is 5.48 Å². The standard InChI is InChI=1S/C18H17N3O4S/c22-13(7-4-8-14-10-15(21-25-14)18(23)20-24)9-17-19-16(11-26-17)12-5-2-1-3-6-12/h1-3,5-6,10-11,24H,4,7-9H2,(H,20,23). The number of Topliss-reactive ketones (excluding diaryl/α,β-unsaturated/α-hetero) is 1. The molecule has 0 atom stereocenters. The van der Waals surface area contributed by atoms with Crippen molar-refractivity contribution in [3.63, 3.8) is 0 Å². The van der Waals surface area contributed by atoms with Crippen molar-refractivity contribution in [1.82, 2.24) is 15.6 Å². The second-order valence-electron chi connectivity index (χ2n) is 5.68. The molecule has 3 rings (SSSR count). The summed E-state index contributed by atoms with van der Waals surface area (Å²) in [5, 5.41) is 14.8. The first-order valence-electron chi connectivity index (χ1n) is 8.07. The maximum atomic E-state index is 12.1. The van der Waals surface area contributed by atoms with E-state index in [0.29, 0.717) is 31.4 Å². The number of aryl methyl sites for hydroxylation is 1. The number of benzene rings is 1. The smallest absolute Gasteiger partial charge is 0.296 e. The molecule has 0 bridgehead atoms. The van der Waals surface area contributed by atoms with Gasteiger partial charge in [0.2, 0.25) is 0 Å². The van der Waals surface area contributed by atoms with E-state index in [-0.39, 0.29) is 11.5 Å². The van der Waals surface area contributed by atoms with Crippen LogP contribution in [-0.2, 0) is 17.6 Å². The van der Waals surface area contributed by atoms with Crippen LogP contribution in [0.15, 0.2) is 46.3 Å². The van der Waals surface area contributed by atoms with Gasteiger partial charge in [0.1, 0.15) is 16.6 Å². The molecule has 0 unspecified atom stereocenters. The fourth-order valence-electron chi connectivity index (χ4n) is 2.45. The van der Waals surface area contributed by atoms with E-state index in [1.54, 1.807) is 0 Å². The summed E-state index contributed by atoms with van der Waals surface area (Å²) in [7, 11) is 0. The molecular formula is C18H17N3O4S. The van der Waals surface area contributed by atoms with Gasteiger partial charge >= 0.3 is 0 Å². The van der Waals surface area contributed by atoms with Crippen molar-refractivity contribution in [3.05, 3.63) is 58.2 Å². The summed E-state index contributed by atoms with van der Waals surface area (Å²) in [4.78, 5) is 27.8. The van der Waals surface area contributed by atoms with Crippen LogP contribution in [0.25, 0.3) is 11.3 Å². The van der Waals surface area contributed by atoms with Crippen molar-refractivity contribution in [2.75, 3.05) is 0 Å². The third-order valence-corrected chi connectivity index (χ3v) is 4.59. The Labute approximate surface area is 153 Å². The second-order valence-corrected chi connectivity index (χ2v) is 6.62. The lowest BCUT2D eigenvalue weighted by atomic mass is 10.1. The van der Waals surface area contributed by atoms with Crippen LogP contribution in [0.3, 0.4) is 0 Å².